The van der Waals surface area contributed by atoms with Crippen LogP contribution in [0.2, 0.25) is 0 Å². The van der Waals surface area contributed by atoms with E-state index < -0.39 is 5.97 Å². The minimum Gasteiger partial charge on any atom is -0.493 e. The fourth-order valence-electron chi connectivity index (χ4n) is 5.36. The topological polar surface area (TPSA) is 88.1 Å². The minimum absolute atomic E-state index is 0.0466. The zero-order valence-corrected chi connectivity index (χ0v) is 23.3. The van der Waals surface area contributed by atoms with Crippen LogP contribution in [0.15, 0.2) is 60.7 Å². The molecule has 3 aromatic rings. The van der Waals surface area contributed by atoms with Gasteiger partial charge in [0, 0.05) is 19.5 Å². The van der Waals surface area contributed by atoms with Crippen LogP contribution in [0.3, 0.4) is 0 Å². The molecule has 0 radical (unpaired) electrons. The third kappa shape index (κ3) is 6.45. The highest BCUT2D eigenvalue weighted by molar-refractivity contribution is 6.03. The molecule has 0 aromatic heterocycles. The first kappa shape index (κ1) is 29.1. The first-order chi connectivity index (χ1) is 19.3. The number of anilines is 1. The Hall–Kier alpha value is -3.91. The second-order valence-electron chi connectivity index (χ2n) is 10.1. The molecular formula is C32H37FN2O5. The number of carbonyl (C=O) groups is 2. The van der Waals surface area contributed by atoms with Gasteiger partial charge in [0.2, 0.25) is 5.91 Å². The lowest BCUT2D eigenvalue weighted by molar-refractivity contribution is -0.117. The molecule has 1 heterocycles. The maximum absolute atomic E-state index is 13.6. The number of amides is 1. The van der Waals surface area contributed by atoms with Gasteiger partial charge in [0.05, 0.1) is 30.0 Å². The van der Waals surface area contributed by atoms with Crippen molar-refractivity contribution < 1.29 is 28.6 Å². The summed E-state index contributed by atoms with van der Waals surface area (Å²) in [5.74, 6) is -0.0347. The van der Waals surface area contributed by atoms with Gasteiger partial charge in [-0.05, 0) is 86.2 Å². The molecule has 1 aliphatic rings. The summed E-state index contributed by atoms with van der Waals surface area (Å²) in [5, 5.41) is 13.1. The average molecular weight is 549 g/mol. The zero-order valence-electron chi connectivity index (χ0n) is 23.3. The van der Waals surface area contributed by atoms with Gasteiger partial charge in [0.25, 0.3) is 0 Å². The van der Waals surface area contributed by atoms with Gasteiger partial charge < -0.3 is 24.8 Å². The number of hydrogen-bond donors (Lipinski definition) is 2. The Labute approximate surface area is 234 Å². The molecule has 1 atom stereocenters. The van der Waals surface area contributed by atoms with E-state index >= 15 is 0 Å². The highest BCUT2D eigenvalue weighted by Gasteiger charge is 2.42. The van der Waals surface area contributed by atoms with E-state index in [0.29, 0.717) is 56.5 Å². The van der Waals surface area contributed by atoms with Crippen LogP contribution in [0, 0.1) is 11.2 Å². The second kappa shape index (κ2) is 13.0. The van der Waals surface area contributed by atoms with Crippen LogP contribution < -0.4 is 19.7 Å². The molecule has 1 unspecified atom stereocenters. The Morgan fingerprint density at radius 2 is 1.68 bits per heavy atom. The Morgan fingerprint density at radius 3 is 2.27 bits per heavy atom. The van der Waals surface area contributed by atoms with Crippen LogP contribution in [0.1, 0.15) is 56.0 Å². The quantitative estimate of drug-likeness (QED) is 0.244. The lowest BCUT2D eigenvalue weighted by Crippen LogP contribution is -2.31. The number of rotatable bonds is 13. The predicted octanol–water partition coefficient (Wildman–Crippen LogP) is 6.30. The third-order valence-corrected chi connectivity index (χ3v) is 7.52. The maximum atomic E-state index is 13.6. The fourth-order valence-corrected chi connectivity index (χ4v) is 5.36. The molecule has 8 heteroatoms. The molecule has 40 heavy (non-hydrogen) atoms. The van der Waals surface area contributed by atoms with Crippen molar-refractivity contribution >= 4 is 17.6 Å². The number of carbonyl (C=O) groups excluding carboxylic acids is 1. The van der Waals surface area contributed by atoms with E-state index in [4.69, 9.17) is 9.47 Å². The number of ether oxygens (including phenoxy) is 2. The molecule has 212 valence electrons. The summed E-state index contributed by atoms with van der Waals surface area (Å²) in [4.78, 5) is 26.4. The Kier molecular flexibility index (Phi) is 9.42. The van der Waals surface area contributed by atoms with Crippen LogP contribution in [-0.2, 0) is 11.3 Å². The number of carboxylic acids is 1. The van der Waals surface area contributed by atoms with E-state index in [1.807, 2.05) is 26.0 Å². The first-order valence-corrected chi connectivity index (χ1v) is 13.8. The largest absolute Gasteiger partial charge is 0.493 e. The monoisotopic (exact) mass is 548 g/mol. The highest BCUT2D eigenvalue weighted by atomic mass is 19.1. The number of carboxylic acid groups (broad SMARTS) is 1. The van der Waals surface area contributed by atoms with Crippen molar-refractivity contribution in [1.82, 2.24) is 5.32 Å². The summed E-state index contributed by atoms with van der Waals surface area (Å²) in [6.45, 7) is 8.62. The normalized spacial score (nSPS) is 16.8. The Bertz CT molecular complexity index is 1320. The number of para-hydroxylation sites is 1. The average Bonchev–Trinajstić information content (AvgIpc) is 3.28. The zero-order chi connectivity index (χ0) is 28.7. The van der Waals surface area contributed by atoms with E-state index in [0.717, 1.165) is 29.5 Å². The number of aromatic carboxylic acids is 1. The molecule has 7 nitrogen and oxygen atoms in total. The van der Waals surface area contributed by atoms with Gasteiger partial charge in [-0.2, -0.15) is 0 Å². The van der Waals surface area contributed by atoms with Crippen molar-refractivity contribution in [3.05, 3.63) is 77.6 Å². The van der Waals surface area contributed by atoms with Gasteiger partial charge in [0.1, 0.15) is 17.3 Å². The standard InChI is InChI=1S/C32H37FN2O5/c1-4-32(19-29(36)35(21-32)26-10-8-7-9-25(26)31(37)38)15-16-34-20-22-17-27(39-5-2)30(28(18-22)40-6-3)23-11-13-24(33)14-12-23/h7-14,17-18,34H,4-6,15-16,19-21H2,1-3H3,(H,37,38). The summed E-state index contributed by atoms with van der Waals surface area (Å²) in [5.41, 5.74) is 2.95. The van der Waals surface area contributed by atoms with Crippen molar-refractivity contribution in [3.63, 3.8) is 0 Å². The van der Waals surface area contributed by atoms with Crippen molar-refractivity contribution in [3.8, 4) is 22.6 Å². The van der Waals surface area contributed by atoms with Crippen LogP contribution in [0.4, 0.5) is 10.1 Å². The molecule has 0 spiro atoms. The first-order valence-electron chi connectivity index (χ1n) is 13.8. The molecule has 1 fully saturated rings. The van der Waals surface area contributed by atoms with Crippen LogP contribution in [0.25, 0.3) is 11.1 Å². The molecule has 0 aliphatic carbocycles. The number of nitrogens with zero attached hydrogens (tertiary/aromatic N) is 1. The van der Waals surface area contributed by atoms with Gasteiger partial charge in [-0.1, -0.05) is 31.2 Å². The highest BCUT2D eigenvalue weighted by Crippen LogP contribution is 2.42. The van der Waals surface area contributed by atoms with E-state index in [9.17, 15) is 19.1 Å². The van der Waals surface area contributed by atoms with Crippen molar-refractivity contribution in [2.45, 2.75) is 46.6 Å². The Balaban J connectivity index is 1.47. The van der Waals surface area contributed by atoms with Gasteiger partial charge >= 0.3 is 5.97 Å². The third-order valence-electron chi connectivity index (χ3n) is 7.52. The number of nitrogens with one attached hydrogen (secondary N) is 1. The number of halogens is 1. The van der Waals surface area contributed by atoms with E-state index in [1.54, 1.807) is 35.2 Å². The van der Waals surface area contributed by atoms with E-state index in [-0.39, 0.29) is 22.7 Å². The van der Waals surface area contributed by atoms with Crippen molar-refractivity contribution in [2.75, 3.05) is 31.2 Å². The summed E-state index contributed by atoms with van der Waals surface area (Å²) >= 11 is 0. The summed E-state index contributed by atoms with van der Waals surface area (Å²) in [6.07, 6.45) is 1.96. The molecule has 4 rings (SSSR count). The molecule has 0 saturated carbocycles. The predicted molar refractivity (Wildman–Crippen MR) is 154 cm³/mol. The molecule has 2 N–H and O–H groups in total. The molecule has 1 saturated heterocycles. The smallest absolute Gasteiger partial charge is 0.337 e. The van der Waals surface area contributed by atoms with E-state index in [1.165, 1.54) is 18.2 Å². The fraction of sp³-hybridized carbons (Fsp3) is 0.375. The molecule has 1 aliphatic heterocycles. The molecular weight excluding hydrogens is 511 g/mol. The SMILES string of the molecule is CCOc1cc(CNCCC2(CC)CC(=O)N(c3ccccc3C(=O)O)C2)cc(OCC)c1-c1ccc(F)cc1. The van der Waals surface area contributed by atoms with Gasteiger partial charge in [0.15, 0.2) is 0 Å². The lowest BCUT2D eigenvalue weighted by Gasteiger charge is -2.28. The molecule has 3 aromatic carbocycles. The van der Waals surface area contributed by atoms with E-state index in [2.05, 4.69) is 12.2 Å². The van der Waals surface area contributed by atoms with Crippen LogP contribution in [-0.4, -0.2) is 43.3 Å². The number of benzene rings is 3. The molecule has 1 amide bonds. The van der Waals surface area contributed by atoms with Gasteiger partial charge in [-0.3, -0.25) is 4.79 Å². The molecule has 0 bridgehead atoms. The van der Waals surface area contributed by atoms with Crippen LogP contribution in [0.5, 0.6) is 11.5 Å². The summed E-state index contributed by atoms with van der Waals surface area (Å²) in [6, 6.07) is 16.9. The summed E-state index contributed by atoms with van der Waals surface area (Å²) in [7, 11) is 0. The lowest BCUT2D eigenvalue weighted by atomic mass is 9.81. The van der Waals surface area contributed by atoms with Crippen LogP contribution >= 0.6 is 0 Å². The summed E-state index contributed by atoms with van der Waals surface area (Å²) < 4.78 is 25.5. The maximum Gasteiger partial charge on any atom is 0.337 e. The van der Waals surface area contributed by atoms with Gasteiger partial charge in [-0.15, -0.1) is 0 Å². The van der Waals surface area contributed by atoms with Crippen molar-refractivity contribution in [1.29, 1.82) is 0 Å². The van der Waals surface area contributed by atoms with Crippen molar-refractivity contribution in [2.24, 2.45) is 5.41 Å². The Morgan fingerprint density at radius 1 is 1.02 bits per heavy atom. The number of hydrogen-bond acceptors (Lipinski definition) is 5. The van der Waals surface area contributed by atoms with Gasteiger partial charge in [-0.25, -0.2) is 9.18 Å². The second-order valence-corrected chi connectivity index (χ2v) is 10.1. The minimum atomic E-state index is -1.04.